The maximum atomic E-state index is 11.4. The first kappa shape index (κ1) is 16.0. The highest BCUT2D eigenvalue weighted by Crippen LogP contribution is 2.12. The summed E-state index contributed by atoms with van der Waals surface area (Å²) in [5.74, 6) is -1.80. The third-order valence-corrected chi connectivity index (χ3v) is 3.26. The zero-order chi connectivity index (χ0) is 13.6. The third kappa shape index (κ3) is 6.31. The molecule has 0 rings (SSSR count). The number of aliphatic carboxylic acids is 1. The molecule has 0 spiro atoms. The summed E-state index contributed by atoms with van der Waals surface area (Å²) in [4.78, 5) is 33.6. The van der Waals surface area contributed by atoms with E-state index < -0.39 is 12.0 Å². The van der Waals surface area contributed by atoms with Crippen LogP contribution in [0.4, 0.5) is 0 Å². The molecule has 98 valence electrons. The highest BCUT2D eigenvalue weighted by atomic mass is 32.2. The van der Waals surface area contributed by atoms with Gasteiger partial charge in [-0.3, -0.25) is 9.59 Å². The molecule has 0 aromatic carbocycles. The fraction of sp³-hybridized carbons (Fsp3) is 0.727. The first-order valence-corrected chi connectivity index (χ1v) is 6.44. The largest absolute Gasteiger partial charge is 0.480 e. The van der Waals surface area contributed by atoms with E-state index in [9.17, 15) is 14.4 Å². The van der Waals surface area contributed by atoms with Gasteiger partial charge >= 0.3 is 5.97 Å². The number of amides is 1. The Labute approximate surface area is 105 Å². The summed E-state index contributed by atoms with van der Waals surface area (Å²) < 4.78 is 0. The van der Waals surface area contributed by atoms with E-state index in [4.69, 9.17) is 5.11 Å². The fourth-order valence-electron chi connectivity index (χ4n) is 0.845. The predicted molar refractivity (Wildman–Crippen MR) is 66.7 cm³/mol. The number of carbonyl (C=O) groups is 3. The molecule has 0 aliphatic rings. The number of rotatable bonds is 6. The molecule has 1 unspecified atom stereocenters. The Bertz CT molecular complexity index is 302. The van der Waals surface area contributed by atoms with Crippen molar-refractivity contribution in [3.8, 4) is 0 Å². The van der Waals surface area contributed by atoms with Gasteiger partial charge < -0.3 is 10.4 Å². The first-order chi connectivity index (χ1) is 7.75. The van der Waals surface area contributed by atoms with Crippen LogP contribution in [-0.2, 0) is 14.4 Å². The van der Waals surface area contributed by atoms with Crippen LogP contribution < -0.4 is 5.32 Å². The molecule has 0 aliphatic heterocycles. The van der Waals surface area contributed by atoms with Crippen LogP contribution in [0.15, 0.2) is 0 Å². The van der Waals surface area contributed by atoms with Crippen molar-refractivity contribution < 1.29 is 19.5 Å². The lowest BCUT2D eigenvalue weighted by molar-refractivity contribution is -0.141. The van der Waals surface area contributed by atoms with Crippen LogP contribution in [-0.4, -0.2) is 33.9 Å². The smallest absolute Gasteiger partial charge is 0.327 e. The normalized spacial score (nSPS) is 12.6. The molecule has 0 aromatic rings. The lowest BCUT2D eigenvalue weighted by Gasteiger charge is -2.15. The van der Waals surface area contributed by atoms with Gasteiger partial charge in [-0.05, 0) is 0 Å². The van der Waals surface area contributed by atoms with E-state index in [1.54, 1.807) is 27.7 Å². The van der Waals surface area contributed by atoms with Crippen LogP contribution >= 0.6 is 11.8 Å². The minimum Gasteiger partial charge on any atom is -0.480 e. The van der Waals surface area contributed by atoms with E-state index in [1.807, 2.05) is 0 Å². The van der Waals surface area contributed by atoms with Crippen LogP contribution in [0.25, 0.3) is 0 Å². The quantitative estimate of drug-likeness (QED) is 0.748. The molecule has 0 aliphatic carbocycles. The van der Waals surface area contributed by atoms with E-state index in [0.29, 0.717) is 0 Å². The molecule has 0 saturated heterocycles. The van der Waals surface area contributed by atoms with E-state index >= 15 is 0 Å². The van der Waals surface area contributed by atoms with Gasteiger partial charge in [0.2, 0.25) is 5.91 Å². The number of thioether (sulfide) groups is 1. The molecule has 0 aromatic heterocycles. The second-order valence-corrected chi connectivity index (χ2v) is 5.36. The van der Waals surface area contributed by atoms with E-state index in [1.165, 1.54) is 0 Å². The maximum Gasteiger partial charge on any atom is 0.327 e. The van der Waals surface area contributed by atoms with Crippen molar-refractivity contribution in [3.05, 3.63) is 0 Å². The average molecular weight is 261 g/mol. The van der Waals surface area contributed by atoms with Crippen LogP contribution in [0.1, 0.15) is 27.7 Å². The van der Waals surface area contributed by atoms with Crippen molar-refractivity contribution in [2.45, 2.75) is 33.7 Å². The topological polar surface area (TPSA) is 83.5 Å². The molecule has 2 N–H and O–H groups in total. The summed E-state index contributed by atoms with van der Waals surface area (Å²) in [6, 6.07) is -1.02. The van der Waals surface area contributed by atoms with Gasteiger partial charge in [0.25, 0.3) is 0 Å². The average Bonchev–Trinajstić information content (AvgIpc) is 2.22. The standard InChI is InChI=1S/C11H19NO4S/c1-6(2)9(13)12-8(10(14)15)5-17-11(16)7(3)4/h6-8H,5H2,1-4H3,(H,12,13)(H,14,15). The van der Waals surface area contributed by atoms with Gasteiger partial charge in [-0.25, -0.2) is 4.79 Å². The van der Waals surface area contributed by atoms with Crippen LogP contribution in [0.5, 0.6) is 0 Å². The fourth-order valence-corrected chi connectivity index (χ4v) is 1.74. The molecule has 0 heterocycles. The van der Waals surface area contributed by atoms with Gasteiger partial charge in [-0.15, -0.1) is 0 Å². The summed E-state index contributed by atoms with van der Waals surface area (Å²) in [7, 11) is 0. The molecular formula is C11H19NO4S. The second-order valence-electron chi connectivity index (χ2n) is 4.34. The molecule has 5 nitrogen and oxygen atoms in total. The Hall–Kier alpha value is -1.04. The number of carboxylic acids is 1. The Balaban J connectivity index is 4.31. The molecule has 1 amide bonds. The number of hydrogen-bond donors (Lipinski definition) is 2. The Kier molecular flexibility index (Phi) is 6.87. The zero-order valence-electron chi connectivity index (χ0n) is 10.5. The summed E-state index contributed by atoms with van der Waals surface area (Å²) in [5.41, 5.74) is 0. The highest BCUT2D eigenvalue weighted by molar-refractivity contribution is 8.13. The van der Waals surface area contributed by atoms with Crippen LogP contribution in [0.3, 0.4) is 0 Å². The Morgan fingerprint density at radius 2 is 1.65 bits per heavy atom. The monoisotopic (exact) mass is 261 g/mol. The molecule has 0 fully saturated rings. The van der Waals surface area contributed by atoms with Gasteiger partial charge in [-0.1, -0.05) is 39.5 Å². The zero-order valence-corrected chi connectivity index (χ0v) is 11.3. The predicted octanol–water partition coefficient (Wildman–Crippen LogP) is 1.13. The Morgan fingerprint density at radius 1 is 1.12 bits per heavy atom. The van der Waals surface area contributed by atoms with Gasteiger partial charge in [0.15, 0.2) is 5.12 Å². The van der Waals surface area contributed by atoms with Crippen molar-refractivity contribution in [2.24, 2.45) is 11.8 Å². The van der Waals surface area contributed by atoms with E-state index in [0.717, 1.165) is 11.8 Å². The lowest BCUT2D eigenvalue weighted by Crippen LogP contribution is -2.44. The first-order valence-electron chi connectivity index (χ1n) is 5.45. The Morgan fingerprint density at radius 3 is 2.00 bits per heavy atom. The molecule has 6 heteroatoms. The van der Waals surface area contributed by atoms with E-state index in [-0.39, 0.29) is 28.6 Å². The number of nitrogens with one attached hydrogen (secondary N) is 1. The number of hydrogen-bond acceptors (Lipinski definition) is 4. The highest BCUT2D eigenvalue weighted by Gasteiger charge is 2.23. The second kappa shape index (κ2) is 7.32. The van der Waals surface area contributed by atoms with Crippen molar-refractivity contribution in [3.63, 3.8) is 0 Å². The van der Waals surface area contributed by atoms with Gasteiger partial charge in [0.05, 0.1) is 0 Å². The number of carboxylic acid groups (broad SMARTS) is 1. The molecule has 0 bridgehead atoms. The van der Waals surface area contributed by atoms with Gasteiger partial charge in [0.1, 0.15) is 6.04 Å². The van der Waals surface area contributed by atoms with Crippen LogP contribution in [0, 0.1) is 11.8 Å². The molecule has 0 radical (unpaired) electrons. The van der Waals surface area contributed by atoms with Gasteiger partial charge in [-0.2, -0.15) is 0 Å². The molecule has 1 atom stereocenters. The van der Waals surface area contributed by atoms with Crippen molar-refractivity contribution in [2.75, 3.05) is 5.75 Å². The number of carbonyl (C=O) groups excluding carboxylic acids is 2. The van der Waals surface area contributed by atoms with Gasteiger partial charge in [0, 0.05) is 17.6 Å². The summed E-state index contributed by atoms with van der Waals surface area (Å²) in [5, 5.41) is 11.2. The maximum absolute atomic E-state index is 11.4. The van der Waals surface area contributed by atoms with Crippen molar-refractivity contribution in [1.29, 1.82) is 0 Å². The lowest BCUT2D eigenvalue weighted by atomic mass is 10.2. The molecule has 0 saturated carbocycles. The van der Waals surface area contributed by atoms with Crippen LogP contribution in [0.2, 0.25) is 0 Å². The third-order valence-electron chi connectivity index (χ3n) is 2.00. The summed E-state index contributed by atoms with van der Waals surface area (Å²) in [6.45, 7) is 6.86. The van der Waals surface area contributed by atoms with Crippen molar-refractivity contribution >= 4 is 28.8 Å². The van der Waals surface area contributed by atoms with E-state index in [2.05, 4.69) is 5.32 Å². The molecular weight excluding hydrogens is 242 g/mol. The van der Waals surface area contributed by atoms with Crippen molar-refractivity contribution in [1.82, 2.24) is 5.32 Å². The minimum absolute atomic E-state index is 0.0603. The SMILES string of the molecule is CC(C)C(=O)NC(CSC(=O)C(C)C)C(=O)O. The summed E-state index contributed by atoms with van der Waals surface area (Å²) >= 11 is 0.940. The summed E-state index contributed by atoms with van der Waals surface area (Å²) in [6.07, 6.45) is 0. The molecule has 17 heavy (non-hydrogen) atoms. The minimum atomic E-state index is -1.12.